The molecule has 6 nitrogen and oxygen atoms in total. The number of nitrogens with zero attached hydrogens (tertiary/aromatic N) is 2. The third kappa shape index (κ3) is 4.56. The summed E-state index contributed by atoms with van der Waals surface area (Å²) in [5, 5.41) is 8.56. The average Bonchev–Trinajstić information content (AvgIpc) is 3.36. The summed E-state index contributed by atoms with van der Waals surface area (Å²) in [5.74, 6) is -0.240. The van der Waals surface area contributed by atoms with Crippen LogP contribution in [0.2, 0.25) is 5.02 Å². The molecule has 1 atom stereocenters. The third-order valence-corrected chi connectivity index (χ3v) is 6.38. The maximum absolute atomic E-state index is 13.2. The van der Waals surface area contributed by atoms with E-state index in [4.69, 9.17) is 11.6 Å². The van der Waals surface area contributed by atoms with Crippen LogP contribution in [0, 0.1) is 0 Å². The molecule has 0 saturated carbocycles. The molecule has 1 aliphatic rings. The summed E-state index contributed by atoms with van der Waals surface area (Å²) in [6, 6.07) is 17.5. The van der Waals surface area contributed by atoms with Crippen molar-refractivity contribution < 1.29 is 13.2 Å². The topological polar surface area (TPSA) is 78.8 Å². The van der Waals surface area contributed by atoms with Gasteiger partial charge >= 0.3 is 0 Å². The molecule has 0 saturated heterocycles. The Morgan fingerprint density at radius 2 is 1.97 bits per heavy atom. The van der Waals surface area contributed by atoms with E-state index in [1.807, 2.05) is 23.6 Å². The predicted octanol–water partition coefficient (Wildman–Crippen LogP) is 4.76. The second kappa shape index (κ2) is 8.22. The van der Waals surface area contributed by atoms with E-state index in [9.17, 15) is 13.2 Å². The largest absolute Gasteiger partial charge is 0.284 e. The normalized spacial score (nSPS) is 16.4. The fourth-order valence-corrected chi connectivity index (χ4v) is 4.86. The van der Waals surface area contributed by atoms with Crippen molar-refractivity contribution >= 4 is 50.3 Å². The predicted molar refractivity (Wildman–Crippen MR) is 121 cm³/mol. The van der Waals surface area contributed by atoms with Crippen LogP contribution < -0.4 is 4.72 Å². The maximum atomic E-state index is 13.2. The highest BCUT2D eigenvalue weighted by Crippen LogP contribution is 2.36. The number of carbonyl (C=O) groups is 1. The maximum Gasteiger partial charge on any atom is 0.274 e. The van der Waals surface area contributed by atoms with E-state index in [-0.39, 0.29) is 11.9 Å². The second-order valence-corrected chi connectivity index (χ2v) is 10.1. The molecule has 1 amide bonds. The lowest BCUT2D eigenvalue weighted by molar-refractivity contribution is 0.0714. The minimum Gasteiger partial charge on any atom is -0.284 e. The van der Waals surface area contributed by atoms with Crippen molar-refractivity contribution in [2.45, 2.75) is 12.5 Å². The van der Waals surface area contributed by atoms with E-state index in [2.05, 4.69) is 9.82 Å². The van der Waals surface area contributed by atoms with Crippen LogP contribution in [0.3, 0.4) is 0 Å². The van der Waals surface area contributed by atoms with E-state index >= 15 is 0 Å². The molecule has 154 valence electrons. The number of anilines is 1. The molecule has 0 bridgehead atoms. The zero-order valence-electron chi connectivity index (χ0n) is 15.9. The van der Waals surface area contributed by atoms with Gasteiger partial charge in [-0.25, -0.2) is 13.4 Å². The van der Waals surface area contributed by atoms with Crippen molar-refractivity contribution in [3.63, 3.8) is 0 Å². The number of halogens is 1. The van der Waals surface area contributed by atoms with E-state index in [1.54, 1.807) is 53.8 Å². The van der Waals surface area contributed by atoms with Crippen molar-refractivity contribution in [2.75, 3.05) is 11.0 Å². The highest BCUT2D eigenvalue weighted by molar-refractivity contribution is 7.92. The van der Waals surface area contributed by atoms with Crippen molar-refractivity contribution in [2.24, 2.45) is 5.10 Å². The number of hydrogen-bond donors (Lipinski definition) is 1. The monoisotopic (exact) mass is 459 g/mol. The number of benzene rings is 2. The Hall–Kier alpha value is -2.68. The number of rotatable bonds is 5. The van der Waals surface area contributed by atoms with Gasteiger partial charge in [-0.15, -0.1) is 11.3 Å². The minimum absolute atomic E-state index is 0.238. The molecule has 0 fully saturated rings. The first-order chi connectivity index (χ1) is 14.3. The molecule has 0 spiro atoms. The molecule has 0 aliphatic carbocycles. The number of sulfonamides is 1. The van der Waals surface area contributed by atoms with Crippen LogP contribution in [-0.4, -0.2) is 31.3 Å². The highest BCUT2D eigenvalue weighted by Gasteiger charge is 2.34. The first kappa shape index (κ1) is 20.6. The lowest BCUT2D eigenvalue weighted by Crippen LogP contribution is -2.26. The lowest BCUT2D eigenvalue weighted by Gasteiger charge is -2.20. The number of thiophene rings is 1. The number of carbonyl (C=O) groups excluding carboxylic acids is 1. The van der Waals surface area contributed by atoms with Crippen molar-refractivity contribution in [3.05, 3.63) is 87.1 Å². The van der Waals surface area contributed by atoms with Gasteiger partial charge in [-0.05, 0) is 47.3 Å². The Balaban J connectivity index is 1.70. The molecule has 0 radical (unpaired) electrons. The Morgan fingerprint density at radius 1 is 1.17 bits per heavy atom. The second-order valence-electron chi connectivity index (χ2n) is 6.90. The van der Waals surface area contributed by atoms with Crippen LogP contribution in [-0.2, 0) is 10.0 Å². The van der Waals surface area contributed by atoms with Crippen molar-refractivity contribution in [1.82, 2.24) is 5.01 Å². The van der Waals surface area contributed by atoms with Gasteiger partial charge in [0.2, 0.25) is 10.0 Å². The fraction of sp³-hybridized carbons (Fsp3) is 0.143. The lowest BCUT2D eigenvalue weighted by atomic mass is 10.0. The first-order valence-electron chi connectivity index (χ1n) is 9.08. The van der Waals surface area contributed by atoms with Crippen LogP contribution in [0.1, 0.15) is 33.3 Å². The van der Waals surface area contributed by atoms with Crippen molar-refractivity contribution in [1.29, 1.82) is 0 Å². The number of hydrogen-bond acceptors (Lipinski definition) is 5. The summed E-state index contributed by atoms with van der Waals surface area (Å²) in [6.07, 6.45) is 1.63. The first-order valence-corrected chi connectivity index (χ1v) is 12.2. The molecular formula is C21H18ClN3O3S2. The van der Waals surface area contributed by atoms with Crippen LogP contribution >= 0.6 is 22.9 Å². The van der Waals surface area contributed by atoms with Gasteiger partial charge in [-0.3, -0.25) is 9.52 Å². The van der Waals surface area contributed by atoms with Gasteiger partial charge in [0.05, 0.1) is 18.0 Å². The van der Waals surface area contributed by atoms with Crippen LogP contribution in [0.15, 0.2) is 71.1 Å². The van der Waals surface area contributed by atoms with Crippen molar-refractivity contribution in [3.8, 4) is 0 Å². The Labute approximate surface area is 183 Å². The zero-order chi connectivity index (χ0) is 21.3. The summed E-state index contributed by atoms with van der Waals surface area (Å²) in [7, 11) is -3.39. The Bertz CT molecular complexity index is 1220. The Morgan fingerprint density at radius 3 is 2.67 bits per heavy atom. The third-order valence-electron chi connectivity index (χ3n) is 4.56. The summed E-state index contributed by atoms with van der Waals surface area (Å²) in [5.41, 5.74) is 2.37. The van der Waals surface area contributed by atoms with E-state index in [0.29, 0.717) is 28.4 Å². The van der Waals surface area contributed by atoms with Crippen LogP contribution in [0.25, 0.3) is 0 Å². The zero-order valence-corrected chi connectivity index (χ0v) is 18.3. The Kier molecular flexibility index (Phi) is 5.64. The molecule has 30 heavy (non-hydrogen) atoms. The van der Waals surface area contributed by atoms with Gasteiger partial charge in [0, 0.05) is 27.6 Å². The van der Waals surface area contributed by atoms with Gasteiger partial charge in [-0.1, -0.05) is 35.9 Å². The van der Waals surface area contributed by atoms with Gasteiger partial charge in [0.25, 0.3) is 5.91 Å². The summed E-state index contributed by atoms with van der Waals surface area (Å²) in [4.78, 5) is 14.2. The average molecular weight is 460 g/mol. The molecule has 1 N–H and O–H groups in total. The SMILES string of the molecule is CS(=O)(=O)Nc1cccc(C2=NN(C(=O)c3cccc(Cl)c3)C(c3cccs3)C2)c1. The molecule has 1 aromatic heterocycles. The number of amides is 1. The molecule has 3 aromatic rings. The molecular weight excluding hydrogens is 442 g/mol. The molecule has 2 aromatic carbocycles. The summed E-state index contributed by atoms with van der Waals surface area (Å²) in [6.45, 7) is 0. The van der Waals surface area contributed by atoms with E-state index < -0.39 is 10.0 Å². The number of hydrazone groups is 1. The van der Waals surface area contributed by atoms with Crippen LogP contribution in [0.5, 0.6) is 0 Å². The molecule has 9 heteroatoms. The van der Waals surface area contributed by atoms with Gasteiger partial charge < -0.3 is 0 Å². The van der Waals surface area contributed by atoms with Crippen LogP contribution in [0.4, 0.5) is 5.69 Å². The molecule has 2 heterocycles. The fourth-order valence-electron chi connectivity index (χ4n) is 3.30. The summed E-state index contributed by atoms with van der Waals surface area (Å²) >= 11 is 7.63. The van der Waals surface area contributed by atoms with E-state index in [0.717, 1.165) is 16.7 Å². The molecule has 4 rings (SSSR count). The van der Waals surface area contributed by atoms with Gasteiger partial charge in [0.15, 0.2) is 0 Å². The summed E-state index contributed by atoms with van der Waals surface area (Å²) < 4.78 is 25.6. The minimum atomic E-state index is -3.39. The smallest absolute Gasteiger partial charge is 0.274 e. The standard InChI is InChI=1S/C21H18ClN3O3S2/c1-30(27,28)24-17-8-3-5-14(12-17)18-13-19(20-9-4-10-29-20)25(23-18)21(26)15-6-2-7-16(22)11-15/h2-12,19,24H,13H2,1H3. The quantitative estimate of drug-likeness (QED) is 0.597. The van der Waals surface area contributed by atoms with E-state index in [1.165, 1.54) is 5.01 Å². The number of nitrogens with one attached hydrogen (secondary N) is 1. The highest BCUT2D eigenvalue weighted by atomic mass is 35.5. The van der Waals surface area contributed by atoms with Gasteiger partial charge in [-0.2, -0.15) is 5.10 Å². The molecule has 1 aliphatic heterocycles. The van der Waals surface area contributed by atoms with Gasteiger partial charge in [0.1, 0.15) is 0 Å². The molecule has 1 unspecified atom stereocenters.